The van der Waals surface area contributed by atoms with Crippen molar-refractivity contribution in [3.63, 3.8) is 0 Å². The number of aryl methyl sites for hydroxylation is 1. The Kier molecular flexibility index (Phi) is 7.79. The highest BCUT2D eigenvalue weighted by Gasteiger charge is 2.25. The maximum absolute atomic E-state index is 13.0. The van der Waals surface area contributed by atoms with E-state index in [0.717, 1.165) is 36.9 Å². The number of aliphatic carboxylic acids is 1. The lowest BCUT2D eigenvalue weighted by Gasteiger charge is -2.29. The lowest BCUT2D eigenvalue weighted by molar-refractivity contribution is -0.142. The van der Waals surface area contributed by atoms with E-state index in [4.69, 9.17) is 14.6 Å². The van der Waals surface area contributed by atoms with E-state index < -0.39 is 12.1 Å². The summed E-state index contributed by atoms with van der Waals surface area (Å²) in [5.41, 5.74) is 2.37. The molecular weight excluding hydrogens is 384 g/mol. The van der Waals surface area contributed by atoms with Crippen LogP contribution in [0.1, 0.15) is 31.2 Å². The fourth-order valence-electron chi connectivity index (χ4n) is 3.73. The number of aromatic nitrogens is 1. The van der Waals surface area contributed by atoms with E-state index in [1.807, 2.05) is 43.3 Å². The van der Waals surface area contributed by atoms with Gasteiger partial charge in [-0.15, -0.1) is 0 Å². The van der Waals surface area contributed by atoms with Crippen molar-refractivity contribution in [2.45, 2.75) is 32.6 Å². The van der Waals surface area contributed by atoms with Crippen molar-refractivity contribution in [1.82, 2.24) is 4.98 Å². The number of carbonyl (C=O) groups is 2. The first-order chi connectivity index (χ1) is 14.5. The summed E-state index contributed by atoms with van der Waals surface area (Å²) in [7, 11) is 0. The third kappa shape index (κ3) is 6.29. The van der Waals surface area contributed by atoms with Crippen LogP contribution in [0.15, 0.2) is 48.8 Å². The van der Waals surface area contributed by atoms with Gasteiger partial charge in [0.05, 0.1) is 30.8 Å². The molecule has 3 rings (SSSR count). The van der Waals surface area contributed by atoms with Gasteiger partial charge in [-0.25, -0.2) is 14.5 Å². The van der Waals surface area contributed by atoms with Crippen LogP contribution < -0.4 is 4.90 Å². The molecule has 7 nitrogen and oxygen atoms in total. The number of hydrogen-bond donors (Lipinski definition) is 1. The Morgan fingerprint density at radius 3 is 2.33 bits per heavy atom. The van der Waals surface area contributed by atoms with E-state index in [0.29, 0.717) is 30.7 Å². The molecule has 1 aromatic carbocycles. The zero-order valence-corrected chi connectivity index (χ0v) is 17.2. The predicted molar refractivity (Wildman–Crippen MR) is 113 cm³/mol. The lowest BCUT2D eigenvalue weighted by Crippen LogP contribution is -2.30. The van der Waals surface area contributed by atoms with Gasteiger partial charge in [0.25, 0.3) is 0 Å². The topological polar surface area (TPSA) is 89.0 Å². The van der Waals surface area contributed by atoms with E-state index in [9.17, 15) is 9.59 Å². The number of anilines is 2. The summed E-state index contributed by atoms with van der Waals surface area (Å²) in [6.45, 7) is 2.52. The van der Waals surface area contributed by atoms with Crippen LogP contribution in [0.5, 0.6) is 0 Å². The SMILES string of the molecule is Cc1cncc(N(C(=O)OC[C@H]2CC[C@H](COCC(=O)O)CC2)c2ccccc2)c1. The van der Waals surface area contributed by atoms with Crippen molar-refractivity contribution in [3.8, 4) is 0 Å². The number of benzene rings is 1. The molecule has 1 N–H and O–H groups in total. The maximum Gasteiger partial charge on any atom is 0.419 e. The molecule has 0 radical (unpaired) electrons. The molecule has 1 aromatic heterocycles. The van der Waals surface area contributed by atoms with Crippen LogP contribution in [0.2, 0.25) is 0 Å². The summed E-state index contributed by atoms with van der Waals surface area (Å²) in [4.78, 5) is 29.3. The number of pyridine rings is 1. The van der Waals surface area contributed by atoms with Gasteiger partial charge < -0.3 is 14.6 Å². The third-order valence-electron chi connectivity index (χ3n) is 5.30. The van der Waals surface area contributed by atoms with Gasteiger partial charge in [0.2, 0.25) is 0 Å². The van der Waals surface area contributed by atoms with Gasteiger partial charge >= 0.3 is 12.1 Å². The summed E-state index contributed by atoms with van der Waals surface area (Å²) >= 11 is 0. The second kappa shape index (κ2) is 10.7. The number of amides is 1. The van der Waals surface area contributed by atoms with Crippen molar-refractivity contribution in [2.75, 3.05) is 24.7 Å². The summed E-state index contributed by atoms with van der Waals surface area (Å²) in [5, 5.41) is 8.65. The Morgan fingerprint density at radius 2 is 1.70 bits per heavy atom. The average molecular weight is 412 g/mol. The van der Waals surface area contributed by atoms with Crippen molar-refractivity contribution in [1.29, 1.82) is 0 Å². The van der Waals surface area contributed by atoms with Crippen LogP contribution >= 0.6 is 0 Å². The number of rotatable bonds is 8. The Labute approximate surface area is 176 Å². The standard InChI is InChI=1S/C23H28N2O5/c1-17-11-21(13-24-12-17)25(20-5-3-2-4-6-20)23(28)30-15-19-9-7-18(8-10-19)14-29-16-22(26)27/h2-6,11-13,18-19H,7-10,14-16H2,1H3,(H,26,27)/t18-,19-. The Hall–Kier alpha value is -2.93. The molecule has 1 aliphatic carbocycles. The summed E-state index contributed by atoms with van der Waals surface area (Å²) < 4.78 is 10.9. The fraction of sp³-hybridized carbons (Fsp3) is 0.435. The normalized spacial score (nSPS) is 18.6. The molecule has 30 heavy (non-hydrogen) atoms. The number of carboxylic acids is 1. The monoisotopic (exact) mass is 412 g/mol. The number of carbonyl (C=O) groups excluding carboxylic acids is 1. The molecule has 160 valence electrons. The first-order valence-electron chi connectivity index (χ1n) is 10.3. The van der Waals surface area contributed by atoms with Crippen molar-refractivity contribution in [2.24, 2.45) is 11.8 Å². The molecule has 1 fully saturated rings. The molecule has 0 aliphatic heterocycles. The molecule has 0 bridgehead atoms. The molecule has 0 atom stereocenters. The predicted octanol–water partition coefficient (Wildman–Crippen LogP) is 4.57. The first-order valence-corrected chi connectivity index (χ1v) is 10.3. The zero-order valence-electron chi connectivity index (χ0n) is 17.2. The van der Waals surface area contributed by atoms with E-state index in [1.54, 1.807) is 17.3 Å². The Balaban J connectivity index is 1.55. The van der Waals surface area contributed by atoms with Gasteiger partial charge in [-0.05, 0) is 68.2 Å². The highest BCUT2D eigenvalue weighted by molar-refractivity contribution is 5.95. The average Bonchev–Trinajstić information content (AvgIpc) is 2.74. The molecular formula is C23H28N2O5. The Morgan fingerprint density at radius 1 is 1.03 bits per heavy atom. The van der Waals surface area contributed by atoms with Gasteiger partial charge in [0.1, 0.15) is 6.61 Å². The smallest absolute Gasteiger partial charge is 0.419 e. The number of ether oxygens (including phenoxy) is 2. The van der Waals surface area contributed by atoms with Gasteiger partial charge in [0, 0.05) is 6.20 Å². The van der Waals surface area contributed by atoms with Gasteiger partial charge in [-0.1, -0.05) is 18.2 Å². The van der Waals surface area contributed by atoms with Crippen LogP contribution in [0, 0.1) is 18.8 Å². The number of carboxylic acid groups (broad SMARTS) is 1. The molecule has 0 unspecified atom stereocenters. The molecule has 1 amide bonds. The molecule has 1 saturated carbocycles. The van der Waals surface area contributed by atoms with Crippen molar-refractivity contribution < 1.29 is 24.2 Å². The molecule has 1 heterocycles. The first kappa shape index (κ1) is 21.8. The van der Waals surface area contributed by atoms with Crippen LogP contribution in [-0.4, -0.2) is 42.0 Å². The van der Waals surface area contributed by atoms with Gasteiger partial charge in [-0.3, -0.25) is 4.98 Å². The van der Waals surface area contributed by atoms with E-state index in [1.165, 1.54) is 0 Å². The summed E-state index contributed by atoms with van der Waals surface area (Å²) in [6.07, 6.45) is 6.76. The number of nitrogens with zero attached hydrogens (tertiary/aromatic N) is 2. The largest absolute Gasteiger partial charge is 0.480 e. The highest BCUT2D eigenvalue weighted by atomic mass is 16.6. The third-order valence-corrected chi connectivity index (χ3v) is 5.30. The van der Waals surface area contributed by atoms with Crippen LogP contribution in [-0.2, 0) is 14.3 Å². The minimum atomic E-state index is -0.942. The second-order valence-corrected chi connectivity index (χ2v) is 7.76. The molecule has 0 spiro atoms. The second-order valence-electron chi connectivity index (χ2n) is 7.76. The summed E-state index contributed by atoms with van der Waals surface area (Å²) in [5.74, 6) is -0.268. The van der Waals surface area contributed by atoms with Crippen LogP contribution in [0.3, 0.4) is 0 Å². The zero-order chi connectivity index (χ0) is 21.3. The van der Waals surface area contributed by atoms with Crippen LogP contribution in [0.4, 0.5) is 16.2 Å². The molecule has 1 aliphatic rings. The highest BCUT2D eigenvalue weighted by Crippen LogP contribution is 2.30. The number of hydrogen-bond acceptors (Lipinski definition) is 5. The maximum atomic E-state index is 13.0. The van der Waals surface area contributed by atoms with Crippen molar-refractivity contribution in [3.05, 3.63) is 54.4 Å². The molecule has 7 heteroatoms. The Bertz CT molecular complexity index is 834. The quantitative estimate of drug-likeness (QED) is 0.683. The van der Waals surface area contributed by atoms with E-state index in [2.05, 4.69) is 4.98 Å². The van der Waals surface area contributed by atoms with Gasteiger partial charge in [-0.2, -0.15) is 0 Å². The molecule has 2 aromatic rings. The number of para-hydroxylation sites is 1. The lowest BCUT2D eigenvalue weighted by atomic mass is 9.83. The van der Waals surface area contributed by atoms with Crippen molar-refractivity contribution >= 4 is 23.4 Å². The fourth-order valence-corrected chi connectivity index (χ4v) is 3.73. The van der Waals surface area contributed by atoms with Gasteiger partial charge in [0.15, 0.2) is 0 Å². The molecule has 0 saturated heterocycles. The summed E-state index contributed by atoms with van der Waals surface area (Å²) in [6, 6.07) is 11.3. The van der Waals surface area contributed by atoms with E-state index in [-0.39, 0.29) is 6.61 Å². The van der Waals surface area contributed by atoms with Crippen LogP contribution in [0.25, 0.3) is 0 Å². The minimum Gasteiger partial charge on any atom is -0.480 e. The van der Waals surface area contributed by atoms with E-state index >= 15 is 0 Å². The minimum absolute atomic E-state index is 0.249.